The number of rotatable bonds is 3. The second-order valence-electron chi connectivity index (χ2n) is 5.13. The first-order valence-electron chi connectivity index (χ1n) is 8.00. The summed E-state index contributed by atoms with van der Waals surface area (Å²) in [6.45, 7) is 4.78. The number of hydrogen-bond acceptors (Lipinski definition) is 2. The molecule has 0 amide bonds. The van der Waals surface area contributed by atoms with Crippen molar-refractivity contribution in [1.82, 2.24) is 19.7 Å². The average molecular weight is 383 g/mol. The Morgan fingerprint density at radius 3 is 2.67 bits per heavy atom. The van der Waals surface area contributed by atoms with Gasteiger partial charge in [0.05, 0.1) is 5.52 Å². The number of imidazole rings is 1. The van der Waals surface area contributed by atoms with Gasteiger partial charge in [-0.25, -0.2) is 4.98 Å². The first-order chi connectivity index (χ1) is 11.8. The topological polar surface area (TPSA) is 46.5 Å². The largest absolute Gasteiger partial charge is 0.325 e. The molecule has 0 saturated heterocycles. The number of H-pyrrole nitrogens is 1. The van der Waals surface area contributed by atoms with E-state index in [1.54, 1.807) is 0 Å². The van der Waals surface area contributed by atoms with Crippen LogP contribution < -0.4 is 0 Å². The molecule has 0 atom stereocenters. The molecule has 0 unspecified atom stereocenters. The highest BCUT2D eigenvalue weighted by Crippen LogP contribution is 2.27. The van der Waals surface area contributed by atoms with Crippen molar-refractivity contribution < 1.29 is 0 Å². The van der Waals surface area contributed by atoms with E-state index in [-0.39, 0.29) is 0 Å². The Morgan fingerprint density at radius 2 is 1.88 bits per heavy atom. The van der Waals surface area contributed by atoms with Gasteiger partial charge in [0.15, 0.2) is 5.82 Å². The Bertz CT molecular complexity index is 925. The molecule has 4 rings (SSSR count). The summed E-state index contributed by atoms with van der Waals surface area (Å²) >= 11 is 3.48. The van der Waals surface area contributed by atoms with Crippen LogP contribution in [0, 0.1) is 0 Å². The van der Waals surface area contributed by atoms with Gasteiger partial charge in [-0.05, 0) is 23.8 Å². The molecule has 2 aromatic heterocycles. The van der Waals surface area contributed by atoms with Crippen molar-refractivity contribution in [3.8, 4) is 11.5 Å². The van der Waals surface area contributed by atoms with Gasteiger partial charge in [-0.1, -0.05) is 60.1 Å². The van der Waals surface area contributed by atoms with Crippen LogP contribution in [0.3, 0.4) is 0 Å². The molecule has 0 fully saturated rings. The van der Waals surface area contributed by atoms with E-state index in [0.717, 1.165) is 33.4 Å². The van der Waals surface area contributed by atoms with Crippen LogP contribution in [0.25, 0.3) is 22.4 Å². The van der Waals surface area contributed by atoms with E-state index in [1.165, 1.54) is 5.56 Å². The second kappa shape index (κ2) is 7.45. The fraction of sp³-hybridized carbons (Fsp3) is 0.158. The maximum atomic E-state index is 4.50. The molecule has 4 nitrogen and oxygen atoms in total. The summed E-state index contributed by atoms with van der Waals surface area (Å²) in [6.07, 6.45) is 3.80. The molecule has 24 heavy (non-hydrogen) atoms. The summed E-state index contributed by atoms with van der Waals surface area (Å²) < 4.78 is 3.15. The van der Waals surface area contributed by atoms with Crippen molar-refractivity contribution in [2.24, 2.45) is 0 Å². The Kier molecular flexibility index (Phi) is 5.11. The number of benzene rings is 2. The van der Waals surface area contributed by atoms with Gasteiger partial charge in [0.2, 0.25) is 0 Å². The van der Waals surface area contributed by atoms with Crippen molar-refractivity contribution in [1.29, 1.82) is 0 Å². The Balaban J connectivity index is 0.000000815. The van der Waals surface area contributed by atoms with Gasteiger partial charge in [0, 0.05) is 28.8 Å². The normalized spacial score (nSPS) is 10.5. The van der Waals surface area contributed by atoms with Crippen LogP contribution in [-0.4, -0.2) is 19.7 Å². The third kappa shape index (κ3) is 3.26. The molecule has 1 N–H and O–H groups in total. The predicted molar refractivity (Wildman–Crippen MR) is 102 cm³/mol. The molecule has 4 aromatic rings. The summed E-state index contributed by atoms with van der Waals surface area (Å²) in [4.78, 5) is 4.50. The Labute approximate surface area is 149 Å². The van der Waals surface area contributed by atoms with E-state index >= 15 is 0 Å². The van der Waals surface area contributed by atoms with E-state index in [1.807, 2.05) is 56.6 Å². The molecular weight excluding hydrogens is 364 g/mol. The predicted octanol–water partition coefficient (Wildman–Crippen LogP) is 5.26. The number of halogens is 1. The summed E-state index contributed by atoms with van der Waals surface area (Å²) in [6, 6.07) is 16.5. The zero-order chi connectivity index (χ0) is 16.9. The molecule has 0 spiro atoms. The minimum atomic E-state index is 0.779. The van der Waals surface area contributed by atoms with Crippen LogP contribution >= 0.6 is 15.9 Å². The lowest BCUT2D eigenvalue weighted by Gasteiger charge is -2.06. The number of hydrogen-bond donors (Lipinski definition) is 1. The molecule has 0 aliphatic carbocycles. The van der Waals surface area contributed by atoms with Crippen LogP contribution in [0.2, 0.25) is 0 Å². The smallest absolute Gasteiger partial charge is 0.161 e. The van der Waals surface area contributed by atoms with E-state index < -0.39 is 0 Å². The summed E-state index contributed by atoms with van der Waals surface area (Å²) in [7, 11) is 0. The fourth-order valence-corrected chi connectivity index (χ4v) is 2.96. The maximum Gasteiger partial charge on any atom is 0.161 e. The van der Waals surface area contributed by atoms with Gasteiger partial charge in [0.25, 0.3) is 0 Å². The van der Waals surface area contributed by atoms with E-state index in [2.05, 4.69) is 53.9 Å². The van der Waals surface area contributed by atoms with Crippen LogP contribution in [0.5, 0.6) is 0 Å². The molecular formula is C19H19BrN4. The van der Waals surface area contributed by atoms with E-state index in [9.17, 15) is 0 Å². The molecule has 5 heteroatoms. The molecule has 0 aliphatic rings. The number of aromatic nitrogens is 4. The minimum Gasteiger partial charge on any atom is -0.325 e. The first-order valence-corrected chi connectivity index (χ1v) is 8.79. The van der Waals surface area contributed by atoms with Crippen molar-refractivity contribution in [2.45, 2.75) is 20.4 Å². The third-order valence-electron chi connectivity index (χ3n) is 3.65. The molecule has 2 heterocycles. The van der Waals surface area contributed by atoms with Gasteiger partial charge in [-0.2, -0.15) is 5.10 Å². The summed E-state index contributed by atoms with van der Waals surface area (Å²) in [5.41, 5.74) is 3.12. The molecule has 0 saturated carbocycles. The molecule has 2 aromatic carbocycles. The van der Waals surface area contributed by atoms with E-state index in [0.29, 0.717) is 0 Å². The Morgan fingerprint density at radius 1 is 1.08 bits per heavy atom. The third-order valence-corrected chi connectivity index (χ3v) is 4.14. The van der Waals surface area contributed by atoms with Gasteiger partial charge >= 0.3 is 0 Å². The van der Waals surface area contributed by atoms with Crippen molar-refractivity contribution in [2.75, 3.05) is 0 Å². The monoisotopic (exact) mass is 382 g/mol. The SMILES string of the molecule is Brc1ccc2c(-c3nccn3Cc3ccccc3)n[nH]c2c1.CC. The van der Waals surface area contributed by atoms with Crippen molar-refractivity contribution >= 4 is 26.8 Å². The number of nitrogens with zero attached hydrogens (tertiary/aromatic N) is 3. The lowest BCUT2D eigenvalue weighted by molar-refractivity contribution is 0.803. The maximum absolute atomic E-state index is 4.50. The molecule has 0 aliphatic heterocycles. The first kappa shape index (κ1) is 16.5. The van der Waals surface area contributed by atoms with Crippen LogP contribution in [0.15, 0.2) is 65.4 Å². The van der Waals surface area contributed by atoms with Crippen LogP contribution in [-0.2, 0) is 6.54 Å². The van der Waals surface area contributed by atoms with Crippen LogP contribution in [0.1, 0.15) is 19.4 Å². The number of aromatic amines is 1. The average Bonchev–Trinajstić information content (AvgIpc) is 3.23. The van der Waals surface area contributed by atoms with Gasteiger partial charge in [0.1, 0.15) is 5.69 Å². The zero-order valence-corrected chi connectivity index (χ0v) is 15.3. The highest BCUT2D eigenvalue weighted by atomic mass is 79.9. The van der Waals surface area contributed by atoms with Crippen molar-refractivity contribution in [3.63, 3.8) is 0 Å². The summed E-state index contributed by atoms with van der Waals surface area (Å²) in [5, 5.41) is 8.60. The quantitative estimate of drug-likeness (QED) is 0.524. The fourth-order valence-electron chi connectivity index (χ4n) is 2.60. The highest BCUT2D eigenvalue weighted by Gasteiger charge is 2.13. The van der Waals surface area contributed by atoms with Gasteiger partial charge < -0.3 is 4.57 Å². The molecule has 0 bridgehead atoms. The standard InChI is InChI=1S/C17H13BrN4.C2H6/c18-13-6-7-14-15(10-13)20-21-16(14)17-19-8-9-22(17)11-12-4-2-1-3-5-12;1-2/h1-10H,11H2,(H,20,21);1-2H3. The zero-order valence-electron chi connectivity index (χ0n) is 13.7. The summed E-state index contributed by atoms with van der Waals surface area (Å²) in [5.74, 6) is 0.873. The lowest BCUT2D eigenvalue weighted by Crippen LogP contribution is -2.01. The highest BCUT2D eigenvalue weighted by molar-refractivity contribution is 9.10. The number of nitrogens with one attached hydrogen (secondary N) is 1. The second-order valence-corrected chi connectivity index (χ2v) is 6.04. The van der Waals surface area contributed by atoms with E-state index in [4.69, 9.17) is 0 Å². The van der Waals surface area contributed by atoms with Crippen LogP contribution in [0.4, 0.5) is 0 Å². The Hall–Kier alpha value is -2.40. The molecule has 122 valence electrons. The van der Waals surface area contributed by atoms with Gasteiger partial charge in [-0.3, -0.25) is 5.10 Å². The van der Waals surface area contributed by atoms with Crippen molar-refractivity contribution in [3.05, 3.63) is 71.0 Å². The molecule has 0 radical (unpaired) electrons. The lowest BCUT2D eigenvalue weighted by atomic mass is 10.2. The van der Waals surface area contributed by atoms with Gasteiger partial charge in [-0.15, -0.1) is 0 Å². The number of fused-ring (bicyclic) bond motifs is 1. The minimum absolute atomic E-state index is 0.779.